The van der Waals surface area contributed by atoms with Crippen molar-refractivity contribution < 1.29 is 10.2 Å². The minimum Gasteiger partial charge on any atom is -0.386 e. The van der Waals surface area contributed by atoms with Crippen molar-refractivity contribution in [3.63, 3.8) is 0 Å². The Morgan fingerprint density at radius 3 is 1.36 bits per heavy atom. The van der Waals surface area contributed by atoms with Gasteiger partial charge in [-0.2, -0.15) is 0 Å². The van der Waals surface area contributed by atoms with Crippen LogP contribution in [0.15, 0.2) is 30.3 Å². The SMILES string of the molecule is OC(c1ccccc1)(C1CCCCC1)C(O)(C1CCCCC1)C1CCCCC1. The average molecular weight is 385 g/mol. The van der Waals surface area contributed by atoms with Gasteiger partial charge in [0.2, 0.25) is 0 Å². The molecule has 3 saturated carbocycles. The highest BCUT2D eigenvalue weighted by Crippen LogP contribution is 2.56. The Morgan fingerprint density at radius 1 is 0.536 bits per heavy atom. The third-order valence-corrected chi connectivity index (χ3v) is 8.48. The first-order valence-corrected chi connectivity index (χ1v) is 12.2. The highest BCUT2D eigenvalue weighted by Gasteiger charge is 2.61. The fourth-order valence-electron chi connectivity index (χ4n) is 7.05. The van der Waals surface area contributed by atoms with Crippen molar-refractivity contribution in [3.8, 4) is 0 Å². The number of benzene rings is 1. The van der Waals surface area contributed by atoms with Gasteiger partial charge in [0, 0.05) is 0 Å². The van der Waals surface area contributed by atoms with Crippen LogP contribution in [0.1, 0.15) is 102 Å². The van der Waals surface area contributed by atoms with Crippen LogP contribution in [0, 0.1) is 17.8 Å². The van der Waals surface area contributed by atoms with Crippen LogP contribution < -0.4 is 0 Å². The van der Waals surface area contributed by atoms with Crippen LogP contribution >= 0.6 is 0 Å². The average Bonchev–Trinajstić information content (AvgIpc) is 2.80. The summed E-state index contributed by atoms with van der Waals surface area (Å²) in [6.07, 6.45) is 17.4. The first-order valence-electron chi connectivity index (χ1n) is 12.2. The van der Waals surface area contributed by atoms with E-state index in [1.165, 1.54) is 57.8 Å². The van der Waals surface area contributed by atoms with Gasteiger partial charge >= 0.3 is 0 Å². The molecule has 3 fully saturated rings. The molecule has 1 unspecified atom stereocenters. The highest BCUT2D eigenvalue weighted by molar-refractivity contribution is 5.30. The normalized spacial score (nSPS) is 26.1. The van der Waals surface area contributed by atoms with Crippen LogP contribution in [0.25, 0.3) is 0 Å². The molecule has 156 valence electrons. The second kappa shape index (κ2) is 8.88. The predicted octanol–water partition coefficient (Wildman–Crippen LogP) is 6.35. The highest BCUT2D eigenvalue weighted by atomic mass is 16.4. The Morgan fingerprint density at radius 2 is 0.929 bits per heavy atom. The molecule has 2 nitrogen and oxygen atoms in total. The fraction of sp³-hybridized carbons (Fsp3) is 0.769. The van der Waals surface area contributed by atoms with Gasteiger partial charge in [0.05, 0.1) is 0 Å². The minimum absolute atomic E-state index is 0.178. The van der Waals surface area contributed by atoms with Crippen molar-refractivity contribution in [2.75, 3.05) is 0 Å². The lowest BCUT2D eigenvalue weighted by Gasteiger charge is -2.57. The first kappa shape index (κ1) is 20.4. The van der Waals surface area contributed by atoms with E-state index >= 15 is 0 Å². The van der Waals surface area contributed by atoms with Crippen LogP contribution in [0.5, 0.6) is 0 Å². The number of hydrogen-bond donors (Lipinski definition) is 2. The molecule has 2 N–H and O–H groups in total. The van der Waals surface area contributed by atoms with Gasteiger partial charge < -0.3 is 10.2 Å². The molecule has 4 rings (SSSR count). The van der Waals surface area contributed by atoms with Crippen LogP contribution in [0.3, 0.4) is 0 Å². The smallest absolute Gasteiger partial charge is 0.121 e. The second-order valence-corrected chi connectivity index (χ2v) is 9.96. The van der Waals surface area contributed by atoms with E-state index in [0.717, 1.165) is 44.1 Å². The van der Waals surface area contributed by atoms with E-state index < -0.39 is 11.2 Å². The lowest BCUT2D eigenvalue weighted by atomic mass is 9.53. The standard InChI is InChI=1S/C26H40O2/c27-25(21-13-5-1-6-14-21,22-15-7-2-8-16-22)26(28,23-17-9-3-10-18-23)24-19-11-4-12-20-24/h1,5-6,13-14,22-24,27-28H,2-4,7-12,15-20H2. The lowest BCUT2D eigenvalue weighted by molar-refractivity contribution is -0.253. The Labute approximate surface area is 171 Å². The second-order valence-electron chi connectivity index (χ2n) is 9.96. The van der Waals surface area contributed by atoms with Crippen molar-refractivity contribution in [2.24, 2.45) is 17.8 Å². The zero-order chi connectivity index (χ0) is 19.5. The molecule has 0 saturated heterocycles. The molecular weight excluding hydrogens is 344 g/mol. The zero-order valence-electron chi connectivity index (χ0n) is 17.6. The molecule has 0 aromatic heterocycles. The van der Waals surface area contributed by atoms with Gasteiger partial charge in [0.25, 0.3) is 0 Å². The monoisotopic (exact) mass is 384 g/mol. The third kappa shape index (κ3) is 3.56. The van der Waals surface area contributed by atoms with E-state index in [9.17, 15) is 10.2 Å². The van der Waals surface area contributed by atoms with E-state index in [0.29, 0.717) is 0 Å². The van der Waals surface area contributed by atoms with E-state index in [2.05, 4.69) is 12.1 Å². The Balaban J connectivity index is 1.82. The Bertz CT molecular complexity index is 576. The molecule has 2 heteroatoms. The topological polar surface area (TPSA) is 40.5 Å². The van der Waals surface area contributed by atoms with Gasteiger partial charge in [-0.25, -0.2) is 0 Å². The molecule has 1 aromatic rings. The number of hydrogen-bond acceptors (Lipinski definition) is 2. The lowest BCUT2D eigenvalue weighted by Crippen LogP contribution is -2.64. The molecule has 1 aromatic carbocycles. The van der Waals surface area contributed by atoms with Crippen molar-refractivity contribution in [1.82, 2.24) is 0 Å². The maximum absolute atomic E-state index is 12.7. The van der Waals surface area contributed by atoms with Crippen molar-refractivity contribution in [2.45, 2.75) is 108 Å². The summed E-state index contributed by atoms with van der Waals surface area (Å²) < 4.78 is 0. The third-order valence-electron chi connectivity index (χ3n) is 8.48. The summed E-state index contributed by atoms with van der Waals surface area (Å²) in [6, 6.07) is 10.3. The van der Waals surface area contributed by atoms with Crippen LogP contribution in [0.2, 0.25) is 0 Å². The first-order chi connectivity index (χ1) is 13.7. The van der Waals surface area contributed by atoms with E-state index in [1.807, 2.05) is 18.2 Å². The van der Waals surface area contributed by atoms with Crippen molar-refractivity contribution >= 4 is 0 Å². The van der Waals surface area contributed by atoms with E-state index in [1.54, 1.807) is 0 Å². The van der Waals surface area contributed by atoms with Gasteiger partial charge in [0.1, 0.15) is 11.2 Å². The summed E-state index contributed by atoms with van der Waals surface area (Å²) >= 11 is 0. The largest absolute Gasteiger partial charge is 0.386 e. The molecule has 1 atom stereocenters. The summed E-state index contributed by atoms with van der Waals surface area (Å²) in [4.78, 5) is 0. The maximum Gasteiger partial charge on any atom is 0.121 e. The predicted molar refractivity (Wildman–Crippen MR) is 115 cm³/mol. The molecule has 0 amide bonds. The van der Waals surface area contributed by atoms with Gasteiger partial charge in [-0.3, -0.25) is 0 Å². The quantitative estimate of drug-likeness (QED) is 0.621. The fourth-order valence-corrected chi connectivity index (χ4v) is 7.05. The van der Waals surface area contributed by atoms with Crippen LogP contribution in [0.4, 0.5) is 0 Å². The molecule has 0 bridgehead atoms. The number of rotatable bonds is 5. The van der Waals surface area contributed by atoms with Gasteiger partial charge in [-0.05, 0) is 61.8 Å². The van der Waals surface area contributed by atoms with Gasteiger partial charge in [-0.1, -0.05) is 88.1 Å². The summed E-state index contributed by atoms with van der Waals surface area (Å²) in [5.41, 5.74) is -1.13. The zero-order valence-corrected chi connectivity index (χ0v) is 17.6. The molecule has 3 aliphatic rings. The van der Waals surface area contributed by atoms with E-state index in [4.69, 9.17) is 0 Å². The Kier molecular flexibility index (Phi) is 6.47. The van der Waals surface area contributed by atoms with Crippen LogP contribution in [-0.2, 0) is 5.60 Å². The summed E-state index contributed by atoms with van der Waals surface area (Å²) in [5.74, 6) is 0.644. The minimum atomic E-state index is -1.11. The van der Waals surface area contributed by atoms with Gasteiger partial charge in [0.15, 0.2) is 0 Å². The molecule has 3 aliphatic carbocycles. The molecular formula is C26H40O2. The molecule has 0 heterocycles. The number of aliphatic hydroxyl groups is 2. The van der Waals surface area contributed by atoms with Crippen molar-refractivity contribution in [1.29, 1.82) is 0 Å². The van der Waals surface area contributed by atoms with Crippen LogP contribution in [-0.4, -0.2) is 15.8 Å². The molecule has 0 aliphatic heterocycles. The Hall–Kier alpha value is -0.860. The summed E-state index contributed by atoms with van der Waals surface area (Å²) in [6.45, 7) is 0. The molecule has 28 heavy (non-hydrogen) atoms. The maximum atomic E-state index is 12.7. The van der Waals surface area contributed by atoms with Gasteiger partial charge in [-0.15, -0.1) is 0 Å². The summed E-state index contributed by atoms with van der Waals surface area (Å²) in [7, 11) is 0. The summed E-state index contributed by atoms with van der Waals surface area (Å²) in [5, 5.41) is 25.4. The van der Waals surface area contributed by atoms with E-state index in [-0.39, 0.29) is 17.8 Å². The molecule has 0 spiro atoms. The molecule has 0 radical (unpaired) electrons. The van der Waals surface area contributed by atoms with Crippen molar-refractivity contribution in [3.05, 3.63) is 35.9 Å².